The van der Waals surface area contributed by atoms with Gasteiger partial charge in [-0.25, -0.2) is 9.18 Å². The molecule has 1 aliphatic rings. The van der Waals surface area contributed by atoms with Crippen LogP contribution in [0.25, 0.3) is 0 Å². The second-order valence-corrected chi connectivity index (χ2v) is 4.98. The van der Waals surface area contributed by atoms with E-state index in [0.29, 0.717) is 31.9 Å². The van der Waals surface area contributed by atoms with Crippen molar-refractivity contribution in [3.8, 4) is 5.75 Å². The number of rotatable bonds is 4. The maximum Gasteiger partial charge on any atom is 0.317 e. The lowest BCUT2D eigenvalue weighted by molar-refractivity contribution is -0.00351. The smallest absolute Gasteiger partial charge is 0.317 e. The number of nitrogens with zero attached hydrogens (tertiary/aromatic N) is 1. The Morgan fingerprint density at radius 3 is 3.05 bits per heavy atom. The molecule has 2 amide bonds. The van der Waals surface area contributed by atoms with Crippen molar-refractivity contribution in [2.45, 2.75) is 26.5 Å². The van der Waals surface area contributed by atoms with Gasteiger partial charge >= 0.3 is 6.03 Å². The van der Waals surface area contributed by atoms with Crippen LogP contribution in [0.2, 0.25) is 0 Å². The molecule has 2 rings (SSSR count). The second kappa shape index (κ2) is 7.26. The topological polar surface area (TPSA) is 50.8 Å². The summed E-state index contributed by atoms with van der Waals surface area (Å²) in [4.78, 5) is 13.7. The first kappa shape index (κ1) is 15.6. The van der Waals surface area contributed by atoms with E-state index in [1.54, 1.807) is 24.0 Å². The van der Waals surface area contributed by atoms with Crippen LogP contribution >= 0.6 is 0 Å². The number of carbonyl (C=O) groups excluding carboxylic acids is 1. The third-order valence-electron chi connectivity index (χ3n) is 3.27. The van der Waals surface area contributed by atoms with E-state index >= 15 is 0 Å². The van der Waals surface area contributed by atoms with Crippen LogP contribution in [-0.4, -0.2) is 43.3 Å². The Morgan fingerprint density at radius 2 is 2.38 bits per heavy atom. The standard InChI is InChI=1S/C15H21FN2O3/c1-3-20-14-5-4-12(8-13(14)16)9-17-15(19)18-6-7-21-11(2)10-18/h4-5,8,11H,3,6-7,9-10H2,1-2H3,(H,17,19). The fraction of sp³-hybridized carbons (Fsp3) is 0.533. The zero-order valence-electron chi connectivity index (χ0n) is 12.4. The first-order valence-corrected chi connectivity index (χ1v) is 7.15. The lowest BCUT2D eigenvalue weighted by Gasteiger charge is -2.31. The van der Waals surface area contributed by atoms with Crippen molar-refractivity contribution in [3.63, 3.8) is 0 Å². The lowest BCUT2D eigenvalue weighted by atomic mass is 10.2. The largest absolute Gasteiger partial charge is 0.491 e. The predicted molar refractivity (Wildman–Crippen MR) is 76.8 cm³/mol. The van der Waals surface area contributed by atoms with Crippen molar-refractivity contribution in [3.05, 3.63) is 29.6 Å². The predicted octanol–water partition coefficient (Wildman–Crippen LogP) is 2.15. The molecule has 0 bridgehead atoms. The lowest BCUT2D eigenvalue weighted by Crippen LogP contribution is -2.48. The van der Waals surface area contributed by atoms with Crippen molar-refractivity contribution in [2.24, 2.45) is 0 Å². The van der Waals surface area contributed by atoms with Crippen molar-refractivity contribution in [2.75, 3.05) is 26.3 Å². The molecule has 1 saturated heterocycles. The molecule has 1 aromatic rings. The number of urea groups is 1. The number of amides is 2. The number of halogens is 1. The number of benzene rings is 1. The zero-order valence-corrected chi connectivity index (χ0v) is 12.4. The average Bonchev–Trinajstić information content (AvgIpc) is 2.47. The van der Waals surface area contributed by atoms with Crippen LogP contribution in [-0.2, 0) is 11.3 Å². The van der Waals surface area contributed by atoms with Gasteiger partial charge in [-0.3, -0.25) is 0 Å². The molecule has 1 aromatic carbocycles. The van der Waals surface area contributed by atoms with E-state index in [9.17, 15) is 9.18 Å². The number of morpholine rings is 1. The van der Waals surface area contributed by atoms with Crippen LogP contribution in [0.1, 0.15) is 19.4 Å². The normalized spacial score (nSPS) is 18.4. The fourth-order valence-electron chi connectivity index (χ4n) is 2.22. The molecule has 1 heterocycles. The first-order valence-electron chi connectivity index (χ1n) is 7.15. The molecule has 1 fully saturated rings. The number of ether oxygens (including phenoxy) is 2. The molecule has 0 radical (unpaired) electrons. The van der Waals surface area contributed by atoms with Crippen LogP contribution in [0.4, 0.5) is 9.18 Å². The first-order chi connectivity index (χ1) is 10.1. The number of hydrogen-bond donors (Lipinski definition) is 1. The molecule has 6 heteroatoms. The summed E-state index contributed by atoms with van der Waals surface area (Å²) in [5.41, 5.74) is 0.700. The van der Waals surface area contributed by atoms with Gasteiger partial charge in [-0.2, -0.15) is 0 Å². The van der Waals surface area contributed by atoms with Gasteiger partial charge in [0.05, 0.1) is 19.3 Å². The summed E-state index contributed by atoms with van der Waals surface area (Å²) in [7, 11) is 0. The van der Waals surface area contributed by atoms with E-state index in [-0.39, 0.29) is 24.4 Å². The van der Waals surface area contributed by atoms with Gasteiger partial charge in [0, 0.05) is 19.6 Å². The third kappa shape index (κ3) is 4.32. The van der Waals surface area contributed by atoms with Gasteiger partial charge in [0.1, 0.15) is 0 Å². The third-order valence-corrected chi connectivity index (χ3v) is 3.27. The van der Waals surface area contributed by atoms with E-state index in [4.69, 9.17) is 9.47 Å². The summed E-state index contributed by atoms with van der Waals surface area (Å²) in [6.45, 7) is 6.14. The van der Waals surface area contributed by atoms with Crippen molar-refractivity contribution in [1.82, 2.24) is 10.2 Å². The Kier molecular flexibility index (Phi) is 5.38. The van der Waals surface area contributed by atoms with E-state index < -0.39 is 5.82 Å². The van der Waals surface area contributed by atoms with E-state index in [1.807, 2.05) is 6.92 Å². The van der Waals surface area contributed by atoms with Gasteiger partial charge in [0.15, 0.2) is 11.6 Å². The minimum atomic E-state index is -0.413. The van der Waals surface area contributed by atoms with Crippen molar-refractivity contribution < 1.29 is 18.7 Å². The maximum atomic E-state index is 13.7. The molecule has 0 saturated carbocycles. The SMILES string of the molecule is CCOc1ccc(CNC(=O)N2CCOC(C)C2)cc1F. The highest BCUT2D eigenvalue weighted by Crippen LogP contribution is 2.18. The Hall–Kier alpha value is -1.82. The van der Waals surface area contributed by atoms with E-state index in [0.717, 1.165) is 0 Å². The summed E-state index contributed by atoms with van der Waals surface area (Å²) in [6.07, 6.45) is 0.0485. The molecule has 1 aliphatic heterocycles. The number of hydrogen-bond acceptors (Lipinski definition) is 3. The Bertz CT molecular complexity index is 496. The minimum absolute atomic E-state index is 0.0485. The highest BCUT2D eigenvalue weighted by molar-refractivity contribution is 5.74. The summed E-state index contributed by atoms with van der Waals surface area (Å²) in [6, 6.07) is 4.56. The van der Waals surface area contributed by atoms with E-state index in [2.05, 4.69) is 5.32 Å². The summed E-state index contributed by atoms with van der Waals surface area (Å²) in [5.74, 6) is -0.182. The quantitative estimate of drug-likeness (QED) is 0.926. The van der Waals surface area contributed by atoms with Gasteiger partial charge in [-0.05, 0) is 31.5 Å². The van der Waals surface area contributed by atoms with Gasteiger partial charge in [-0.15, -0.1) is 0 Å². The highest BCUT2D eigenvalue weighted by atomic mass is 19.1. The van der Waals surface area contributed by atoms with Crippen LogP contribution in [0.3, 0.4) is 0 Å². The van der Waals surface area contributed by atoms with Gasteiger partial charge in [0.25, 0.3) is 0 Å². The molecule has 1 unspecified atom stereocenters. The van der Waals surface area contributed by atoms with Gasteiger partial charge < -0.3 is 19.7 Å². The molecule has 0 spiro atoms. The van der Waals surface area contributed by atoms with Gasteiger partial charge in [-0.1, -0.05) is 6.07 Å². The molecule has 0 aliphatic carbocycles. The molecule has 21 heavy (non-hydrogen) atoms. The Morgan fingerprint density at radius 1 is 1.57 bits per heavy atom. The van der Waals surface area contributed by atoms with Crippen molar-refractivity contribution in [1.29, 1.82) is 0 Å². The Balaban J connectivity index is 1.87. The number of nitrogens with one attached hydrogen (secondary N) is 1. The van der Waals surface area contributed by atoms with E-state index in [1.165, 1.54) is 6.07 Å². The molecule has 116 valence electrons. The molecular weight excluding hydrogens is 275 g/mol. The average molecular weight is 296 g/mol. The monoisotopic (exact) mass is 296 g/mol. The summed E-state index contributed by atoms with van der Waals surface area (Å²) in [5, 5.41) is 2.79. The van der Waals surface area contributed by atoms with Crippen LogP contribution in [0.15, 0.2) is 18.2 Å². The fourth-order valence-corrected chi connectivity index (χ4v) is 2.22. The molecule has 0 aromatic heterocycles. The van der Waals surface area contributed by atoms with Crippen LogP contribution in [0, 0.1) is 5.82 Å². The minimum Gasteiger partial charge on any atom is -0.491 e. The molecule has 1 N–H and O–H groups in total. The Labute approximate surface area is 124 Å². The van der Waals surface area contributed by atoms with Crippen LogP contribution in [0.5, 0.6) is 5.75 Å². The number of carbonyl (C=O) groups is 1. The van der Waals surface area contributed by atoms with Gasteiger partial charge in [0.2, 0.25) is 0 Å². The second-order valence-electron chi connectivity index (χ2n) is 4.98. The zero-order chi connectivity index (χ0) is 15.2. The molecule has 5 nitrogen and oxygen atoms in total. The summed E-state index contributed by atoms with van der Waals surface area (Å²) < 4.78 is 24.2. The van der Waals surface area contributed by atoms with Crippen molar-refractivity contribution >= 4 is 6.03 Å². The van der Waals surface area contributed by atoms with Crippen LogP contribution < -0.4 is 10.1 Å². The molecule has 1 atom stereocenters. The molecular formula is C15H21FN2O3. The maximum absolute atomic E-state index is 13.7. The summed E-state index contributed by atoms with van der Waals surface area (Å²) >= 11 is 0. The highest BCUT2D eigenvalue weighted by Gasteiger charge is 2.20.